The van der Waals surface area contributed by atoms with Gasteiger partial charge in [0.05, 0.1) is 25.4 Å². The van der Waals surface area contributed by atoms with Crippen LogP contribution in [-0.4, -0.2) is 60.9 Å². The van der Waals surface area contributed by atoms with E-state index in [-0.39, 0.29) is 24.0 Å². The van der Waals surface area contributed by atoms with Crippen molar-refractivity contribution in [1.82, 2.24) is 15.2 Å². The second-order valence-electron chi connectivity index (χ2n) is 7.25. The van der Waals surface area contributed by atoms with Gasteiger partial charge < -0.3 is 19.7 Å². The third-order valence-electron chi connectivity index (χ3n) is 5.18. The minimum Gasteiger partial charge on any atom is -0.376 e. The number of guanidine groups is 1. The van der Waals surface area contributed by atoms with Crippen LogP contribution in [0.1, 0.15) is 55.8 Å². The molecule has 0 saturated carbocycles. The summed E-state index contributed by atoms with van der Waals surface area (Å²) < 4.78 is 11.9. The fraction of sp³-hybridized carbons (Fsp3) is 0.800. The number of rotatable bonds is 7. The number of aliphatic imine (C=N–C) groups is 1. The van der Waals surface area contributed by atoms with E-state index in [1.54, 1.807) is 11.3 Å². The first-order chi connectivity index (χ1) is 13.3. The molecule has 3 rings (SSSR count). The molecule has 1 N–H and O–H groups in total. The van der Waals surface area contributed by atoms with Crippen LogP contribution in [0.4, 0.5) is 0 Å². The number of nitrogens with zero attached hydrogens (tertiary/aromatic N) is 3. The number of piperidine rings is 1. The molecule has 1 aromatic rings. The highest BCUT2D eigenvalue weighted by atomic mass is 127. The summed E-state index contributed by atoms with van der Waals surface area (Å²) in [6.45, 7) is 9.44. The Balaban J connectivity index is 0.00000280. The standard InChI is InChI=1S/C20H34N4O2S.HI/c1-3-18-13-22-19(27-18)14-23-20(21-4-2)24-10-8-16(9-11-24)26-15-17-7-5-6-12-25-17;/h13,16-17H,3-12,14-15H2,1-2H3,(H,21,23);1H. The fourth-order valence-corrected chi connectivity index (χ4v) is 4.36. The number of thiazole rings is 1. The molecule has 160 valence electrons. The van der Waals surface area contributed by atoms with Crippen molar-refractivity contribution in [3.8, 4) is 0 Å². The van der Waals surface area contributed by atoms with Crippen molar-refractivity contribution in [3.05, 3.63) is 16.1 Å². The highest BCUT2D eigenvalue weighted by Crippen LogP contribution is 2.19. The predicted octanol–water partition coefficient (Wildman–Crippen LogP) is 3.84. The zero-order valence-electron chi connectivity index (χ0n) is 17.2. The Morgan fingerprint density at radius 2 is 2.14 bits per heavy atom. The first kappa shape index (κ1) is 23.8. The Kier molecular flexibility index (Phi) is 11.0. The molecule has 0 bridgehead atoms. The molecule has 2 saturated heterocycles. The average Bonchev–Trinajstić information content (AvgIpc) is 3.19. The lowest BCUT2D eigenvalue weighted by Gasteiger charge is -2.35. The van der Waals surface area contributed by atoms with Crippen LogP contribution in [0, 0.1) is 0 Å². The molecule has 2 aliphatic rings. The summed E-state index contributed by atoms with van der Waals surface area (Å²) in [6.07, 6.45) is 9.38. The summed E-state index contributed by atoms with van der Waals surface area (Å²) in [6, 6.07) is 0. The van der Waals surface area contributed by atoms with Crippen molar-refractivity contribution in [3.63, 3.8) is 0 Å². The van der Waals surface area contributed by atoms with Crippen molar-refractivity contribution >= 4 is 41.3 Å². The van der Waals surface area contributed by atoms with Gasteiger partial charge in [0, 0.05) is 37.3 Å². The van der Waals surface area contributed by atoms with E-state index in [0.29, 0.717) is 18.8 Å². The third-order valence-corrected chi connectivity index (χ3v) is 6.31. The Bertz CT molecular complexity index is 585. The van der Waals surface area contributed by atoms with E-state index in [1.165, 1.54) is 17.7 Å². The molecule has 6 nitrogen and oxygen atoms in total. The number of ether oxygens (including phenoxy) is 2. The SMILES string of the molecule is CCNC(=NCc1ncc(CC)s1)N1CCC(OCC2CCCCO2)CC1.I. The van der Waals surface area contributed by atoms with Gasteiger partial charge in [-0.05, 0) is 45.4 Å². The molecular weight excluding hydrogens is 487 g/mol. The second kappa shape index (κ2) is 13.0. The minimum atomic E-state index is 0. The second-order valence-corrected chi connectivity index (χ2v) is 8.45. The largest absolute Gasteiger partial charge is 0.376 e. The van der Waals surface area contributed by atoms with Gasteiger partial charge in [0.25, 0.3) is 0 Å². The van der Waals surface area contributed by atoms with Gasteiger partial charge in [0.15, 0.2) is 5.96 Å². The minimum absolute atomic E-state index is 0. The smallest absolute Gasteiger partial charge is 0.194 e. The van der Waals surface area contributed by atoms with Crippen LogP contribution in [-0.2, 0) is 22.4 Å². The van der Waals surface area contributed by atoms with E-state index in [0.717, 1.165) is 69.5 Å². The Morgan fingerprint density at radius 1 is 1.32 bits per heavy atom. The van der Waals surface area contributed by atoms with Crippen LogP contribution in [0.15, 0.2) is 11.2 Å². The maximum absolute atomic E-state index is 6.13. The van der Waals surface area contributed by atoms with Gasteiger partial charge in [-0.1, -0.05) is 6.92 Å². The summed E-state index contributed by atoms with van der Waals surface area (Å²) in [7, 11) is 0. The summed E-state index contributed by atoms with van der Waals surface area (Å²) in [4.78, 5) is 13.0. The van der Waals surface area contributed by atoms with E-state index in [2.05, 4.69) is 29.0 Å². The molecule has 1 atom stereocenters. The van der Waals surface area contributed by atoms with Crippen molar-refractivity contribution in [2.45, 2.75) is 71.1 Å². The zero-order valence-corrected chi connectivity index (χ0v) is 20.3. The molecule has 1 unspecified atom stereocenters. The van der Waals surface area contributed by atoms with E-state index in [9.17, 15) is 0 Å². The van der Waals surface area contributed by atoms with Crippen LogP contribution < -0.4 is 5.32 Å². The van der Waals surface area contributed by atoms with E-state index in [4.69, 9.17) is 14.5 Å². The molecule has 0 amide bonds. The highest BCUT2D eigenvalue weighted by Gasteiger charge is 2.23. The number of hydrogen-bond donors (Lipinski definition) is 1. The number of halogens is 1. The van der Waals surface area contributed by atoms with E-state index >= 15 is 0 Å². The van der Waals surface area contributed by atoms with Gasteiger partial charge in [-0.25, -0.2) is 9.98 Å². The van der Waals surface area contributed by atoms with Crippen LogP contribution >= 0.6 is 35.3 Å². The van der Waals surface area contributed by atoms with Crippen LogP contribution in [0.2, 0.25) is 0 Å². The van der Waals surface area contributed by atoms with E-state index in [1.807, 2.05) is 6.20 Å². The Hall–Kier alpha value is -0.450. The first-order valence-electron chi connectivity index (χ1n) is 10.5. The molecule has 28 heavy (non-hydrogen) atoms. The number of hydrogen-bond acceptors (Lipinski definition) is 5. The van der Waals surface area contributed by atoms with Crippen LogP contribution in [0.5, 0.6) is 0 Å². The van der Waals surface area contributed by atoms with Crippen molar-refractivity contribution in [2.24, 2.45) is 4.99 Å². The lowest BCUT2D eigenvalue weighted by Crippen LogP contribution is -2.47. The molecule has 8 heteroatoms. The third kappa shape index (κ3) is 7.42. The number of aryl methyl sites for hydroxylation is 1. The molecule has 0 spiro atoms. The molecule has 0 aromatic carbocycles. The topological polar surface area (TPSA) is 59.0 Å². The quantitative estimate of drug-likeness (QED) is 0.335. The summed E-state index contributed by atoms with van der Waals surface area (Å²) in [5, 5.41) is 4.52. The summed E-state index contributed by atoms with van der Waals surface area (Å²) >= 11 is 1.76. The maximum atomic E-state index is 6.13. The summed E-state index contributed by atoms with van der Waals surface area (Å²) in [5.74, 6) is 1.000. The van der Waals surface area contributed by atoms with Gasteiger partial charge >= 0.3 is 0 Å². The molecule has 0 radical (unpaired) electrons. The maximum Gasteiger partial charge on any atom is 0.194 e. The highest BCUT2D eigenvalue weighted by molar-refractivity contribution is 14.0. The summed E-state index contributed by atoms with van der Waals surface area (Å²) in [5.41, 5.74) is 0. The molecule has 2 aliphatic heterocycles. The Morgan fingerprint density at radius 3 is 2.79 bits per heavy atom. The van der Waals surface area contributed by atoms with Gasteiger partial charge in [0.1, 0.15) is 5.01 Å². The van der Waals surface area contributed by atoms with Crippen LogP contribution in [0.25, 0.3) is 0 Å². The number of nitrogens with one attached hydrogen (secondary N) is 1. The van der Waals surface area contributed by atoms with Crippen molar-refractivity contribution in [2.75, 3.05) is 32.8 Å². The monoisotopic (exact) mass is 522 g/mol. The normalized spacial score (nSPS) is 21.4. The van der Waals surface area contributed by atoms with Gasteiger partial charge in [0.2, 0.25) is 0 Å². The molecule has 2 fully saturated rings. The number of aromatic nitrogens is 1. The lowest BCUT2D eigenvalue weighted by molar-refractivity contribution is -0.0721. The molecule has 0 aliphatic carbocycles. The zero-order chi connectivity index (χ0) is 18.9. The van der Waals surface area contributed by atoms with Crippen LogP contribution in [0.3, 0.4) is 0 Å². The predicted molar refractivity (Wildman–Crippen MR) is 126 cm³/mol. The molecular formula is C20H35IN4O2S. The molecule has 1 aromatic heterocycles. The number of likely N-dealkylation sites (tertiary alicyclic amines) is 1. The first-order valence-corrected chi connectivity index (χ1v) is 11.3. The average molecular weight is 522 g/mol. The van der Waals surface area contributed by atoms with Gasteiger partial charge in [-0.3, -0.25) is 0 Å². The van der Waals surface area contributed by atoms with E-state index < -0.39 is 0 Å². The fourth-order valence-electron chi connectivity index (χ4n) is 3.57. The van der Waals surface area contributed by atoms with Gasteiger partial charge in [-0.2, -0.15) is 0 Å². The Labute approximate surface area is 190 Å². The van der Waals surface area contributed by atoms with Gasteiger partial charge in [-0.15, -0.1) is 35.3 Å². The lowest BCUT2D eigenvalue weighted by atomic mass is 10.1. The van der Waals surface area contributed by atoms with Crippen molar-refractivity contribution < 1.29 is 9.47 Å². The molecule has 3 heterocycles. The van der Waals surface area contributed by atoms with Crippen molar-refractivity contribution in [1.29, 1.82) is 0 Å².